The number of aromatic nitrogens is 7. The molecule has 2 heterocycles. The molecule has 2 aromatic heterocycles. The first-order valence-electron chi connectivity index (χ1n) is 6.14. The van der Waals surface area contributed by atoms with Crippen LogP contribution in [0.4, 0.5) is 0 Å². The molecule has 0 radical (unpaired) electrons. The molecule has 104 valence electrons. The highest BCUT2D eigenvalue weighted by molar-refractivity contribution is 7.98. The standard InChI is InChI=1S/C10H18N8S/c1-8(2)18-9(12-7-13-18)6-19-10-14-15-16-17(10)5-4-11-3/h7-8,11H,4-6H2,1-3H3. The topological polar surface area (TPSA) is 86.3 Å². The lowest BCUT2D eigenvalue weighted by Gasteiger charge is -2.08. The summed E-state index contributed by atoms with van der Waals surface area (Å²) < 4.78 is 3.70. The van der Waals surface area contributed by atoms with Gasteiger partial charge >= 0.3 is 0 Å². The summed E-state index contributed by atoms with van der Waals surface area (Å²) in [5.41, 5.74) is 0. The molecule has 0 bridgehead atoms. The zero-order chi connectivity index (χ0) is 13.7. The van der Waals surface area contributed by atoms with E-state index in [-0.39, 0.29) is 0 Å². The van der Waals surface area contributed by atoms with Gasteiger partial charge in [0.2, 0.25) is 5.16 Å². The van der Waals surface area contributed by atoms with Crippen molar-refractivity contribution in [2.45, 2.75) is 37.3 Å². The third-order valence-electron chi connectivity index (χ3n) is 2.54. The number of hydrogen-bond acceptors (Lipinski definition) is 7. The van der Waals surface area contributed by atoms with Gasteiger partial charge in [-0.15, -0.1) is 5.10 Å². The molecule has 0 aromatic carbocycles. The van der Waals surface area contributed by atoms with Crippen LogP contribution in [-0.2, 0) is 12.3 Å². The number of rotatable bonds is 7. The van der Waals surface area contributed by atoms with Crippen molar-refractivity contribution in [2.24, 2.45) is 0 Å². The Morgan fingerprint density at radius 1 is 1.42 bits per heavy atom. The van der Waals surface area contributed by atoms with Crippen molar-refractivity contribution >= 4 is 11.8 Å². The van der Waals surface area contributed by atoms with Crippen LogP contribution in [0.5, 0.6) is 0 Å². The van der Waals surface area contributed by atoms with E-state index in [4.69, 9.17) is 0 Å². The number of hydrogen-bond donors (Lipinski definition) is 1. The predicted molar refractivity (Wildman–Crippen MR) is 71.7 cm³/mol. The molecule has 8 nitrogen and oxygen atoms in total. The summed E-state index contributed by atoms with van der Waals surface area (Å²) in [5.74, 6) is 1.64. The van der Waals surface area contributed by atoms with Gasteiger partial charge in [-0.3, -0.25) is 0 Å². The van der Waals surface area contributed by atoms with Crippen molar-refractivity contribution in [3.05, 3.63) is 12.2 Å². The molecule has 19 heavy (non-hydrogen) atoms. The van der Waals surface area contributed by atoms with E-state index in [1.54, 1.807) is 22.8 Å². The predicted octanol–water partition coefficient (Wildman–Crippen LogP) is 0.357. The maximum Gasteiger partial charge on any atom is 0.209 e. The number of thioether (sulfide) groups is 1. The molecular formula is C10H18N8S. The summed E-state index contributed by atoms with van der Waals surface area (Å²) in [6.45, 7) is 5.75. The minimum atomic E-state index is 0.304. The van der Waals surface area contributed by atoms with Crippen LogP contribution in [0.1, 0.15) is 25.7 Å². The Bertz CT molecular complexity index is 505. The van der Waals surface area contributed by atoms with Crippen molar-refractivity contribution in [3.8, 4) is 0 Å². The zero-order valence-corrected chi connectivity index (χ0v) is 12.1. The van der Waals surface area contributed by atoms with Crippen molar-refractivity contribution in [1.29, 1.82) is 0 Å². The molecule has 0 saturated heterocycles. The first-order chi connectivity index (χ1) is 9.22. The molecule has 0 atom stereocenters. The molecule has 0 fully saturated rings. The SMILES string of the molecule is CNCCn1nnnc1SCc1ncnn1C(C)C. The Labute approximate surface area is 116 Å². The highest BCUT2D eigenvalue weighted by atomic mass is 32.2. The van der Waals surface area contributed by atoms with Gasteiger partial charge in [-0.25, -0.2) is 14.3 Å². The molecule has 0 aliphatic carbocycles. The highest BCUT2D eigenvalue weighted by Crippen LogP contribution is 2.19. The van der Waals surface area contributed by atoms with Crippen LogP contribution in [0.15, 0.2) is 11.5 Å². The Morgan fingerprint density at radius 3 is 3.00 bits per heavy atom. The van der Waals surface area contributed by atoms with Crippen molar-refractivity contribution in [1.82, 2.24) is 40.3 Å². The normalized spacial score (nSPS) is 11.4. The summed E-state index contributed by atoms with van der Waals surface area (Å²) >= 11 is 1.57. The van der Waals surface area contributed by atoms with E-state index in [1.165, 1.54) is 0 Å². The Hall–Kier alpha value is -1.48. The van der Waals surface area contributed by atoms with E-state index in [0.29, 0.717) is 11.8 Å². The van der Waals surface area contributed by atoms with Gasteiger partial charge in [0.1, 0.15) is 12.2 Å². The monoisotopic (exact) mass is 282 g/mol. The lowest BCUT2D eigenvalue weighted by molar-refractivity contribution is 0.513. The van der Waals surface area contributed by atoms with Crippen LogP contribution in [0.2, 0.25) is 0 Å². The fourth-order valence-corrected chi connectivity index (χ4v) is 2.43. The van der Waals surface area contributed by atoms with E-state index < -0.39 is 0 Å². The van der Waals surface area contributed by atoms with Gasteiger partial charge in [0.15, 0.2) is 0 Å². The quantitative estimate of drug-likeness (QED) is 0.734. The van der Waals surface area contributed by atoms with E-state index in [1.807, 2.05) is 11.7 Å². The molecule has 0 aliphatic rings. The fourth-order valence-electron chi connectivity index (χ4n) is 1.60. The van der Waals surface area contributed by atoms with Crippen LogP contribution in [0.3, 0.4) is 0 Å². The van der Waals surface area contributed by atoms with Gasteiger partial charge in [-0.2, -0.15) is 5.10 Å². The lowest BCUT2D eigenvalue weighted by atomic mass is 10.4. The maximum atomic E-state index is 4.27. The third-order valence-corrected chi connectivity index (χ3v) is 3.49. The molecule has 9 heteroatoms. The lowest BCUT2D eigenvalue weighted by Crippen LogP contribution is -2.16. The molecule has 1 N–H and O–H groups in total. The van der Waals surface area contributed by atoms with Crippen LogP contribution in [0, 0.1) is 0 Å². The number of nitrogens with zero attached hydrogens (tertiary/aromatic N) is 7. The Balaban J connectivity index is 1.98. The molecule has 0 amide bonds. The first-order valence-corrected chi connectivity index (χ1v) is 7.13. The summed E-state index contributed by atoms with van der Waals surface area (Å²) in [5, 5.41) is 19.8. The fraction of sp³-hybridized carbons (Fsp3) is 0.700. The number of nitrogens with one attached hydrogen (secondary N) is 1. The van der Waals surface area contributed by atoms with Gasteiger partial charge in [-0.05, 0) is 31.3 Å². The molecule has 2 aromatic rings. The van der Waals surface area contributed by atoms with Crippen molar-refractivity contribution in [2.75, 3.05) is 13.6 Å². The summed E-state index contributed by atoms with van der Waals surface area (Å²) in [7, 11) is 1.91. The largest absolute Gasteiger partial charge is 0.318 e. The first kappa shape index (κ1) is 13.9. The third kappa shape index (κ3) is 3.51. The van der Waals surface area contributed by atoms with Gasteiger partial charge in [0.25, 0.3) is 0 Å². The molecule has 0 spiro atoms. The number of tetrazole rings is 1. The number of likely N-dealkylation sites (N-methyl/N-ethyl adjacent to an activating group) is 1. The van der Waals surface area contributed by atoms with E-state index in [2.05, 4.69) is 44.8 Å². The van der Waals surface area contributed by atoms with Crippen LogP contribution in [0.25, 0.3) is 0 Å². The van der Waals surface area contributed by atoms with E-state index in [0.717, 1.165) is 24.1 Å². The van der Waals surface area contributed by atoms with Gasteiger partial charge in [0, 0.05) is 12.6 Å². The van der Waals surface area contributed by atoms with Gasteiger partial charge in [-0.1, -0.05) is 11.8 Å². The Kier molecular flexibility index (Phi) is 4.86. The molecule has 0 aliphatic heterocycles. The van der Waals surface area contributed by atoms with Crippen LogP contribution < -0.4 is 5.32 Å². The minimum Gasteiger partial charge on any atom is -0.318 e. The average molecular weight is 282 g/mol. The average Bonchev–Trinajstić information content (AvgIpc) is 3.02. The van der Waals surface area contributed by atoms with Crippen LogP contribution >= 0.6 is 11.8 Å². The second-order valence-corrected chi connectivity index (χ2v) is 5.23. The van der Waals surface area contributed by atoms with E-state index in [9.17, 15) is 0 Å². The summed E-state index contributed by atoms with van der Waals surface area (Å²) in [6.07, 6.45) is 1.58. The molecule has 2 rings (SSSR count). The van der Waals surface area contributed by atoms with Crippen molar-refractivity contribution < 1.29 is 0 Å². The highest BCUT2D eigenvalue weighted by Gasteiger charge is 2.11. The molecular weight excluding hydrogens is 264 g/mol. The second kappa shape index (κ2) is 6.62. The summed E-state index contributed by atoms with van der Waals surface area (Å²) in [4.78, 5) is 4.27. The Morgan fingerprint density at radius 2 is 2.26 bits per heavy atom. The van der Waals surface area contributed by atoms with Crippen molar-refractivity contribution in [3.63, 3.8) is 0 Å². The zero-order valence-electron chi connectivity index (χ0n) is 11.3. The molecule has 0 unspecified atom stereocenters. The minimum absolute atomic E-state index is 0.304. The summed E-state index contributed by atoms with van der Waals surface area (Å²) in [6, 6.07) is 0.304. The van der Waals surface area contributed by atoms with Gasteiger partial charge < -0.3 is 5.32 Å². The maximum absolute atomic E-state index is 4.27. The smallest absolute Gasteiger partial charge is 0.209 e. The van der Waals surface area contributed by atoms with E-state index >= 15 is 0 Å². The van der Waals surface area contributed by atoms with Gasteiger partial charge in [0.05, 0.1) is 12.3 Å². The van der Waals surface area contributed by atoms with Crippen LogP contribution in [-0.4, -0.2) is 48.6 Å². The molecule has 0 saturated carbocycles. The second-order valence-electron chi connectivity index (χ2n) is 4.29.